The van der Waals surface area contributed by atoms with E-state index in [1.165, 1.54) is 19.3 Å². The van der Waals surface area contributed by atoms with Crippen molar-refractivity contribution >= 4 is 5.78 Å². The molecular weight excluding hydrogens is 172 g/mol. The van der Waals surface area contributed by atoms with Crippen LogP contribution in [0, 0.1) is 17.3 Å². The smallest absolute Gasteiger partial charge is 0.132 e. The average Bonchev–Trinajstić information content (AvgIpc) is 2.18. The zero-order chi connectivity index (χ0) is 10.8. The number of hydrogen-bond acceptors (Lipinski definition) is 1. The lowest BCUT2D eigenvalue weighted by molar-refractivity contribution is -0.122. The van der Waals surface area contributed by atoms with Gasteiger partial charge in [0.25, 0.3) is 0 Å². The van der Waals surface area contributed by atoms with Crippen LogP contribution in [-0.2, 0) is 4.79 Å². The van der Waals surface area contributed by atoms with Gasteiger partial charge in [-0.1, -0.05) is 27.2 Å². The monoisotopic (exact) mass is 196 g/mol. The Labute approximate surface area is 88.3 Å². The van der Waals surface area contributed by atoms with Gasteiger partial charge in [0, 0.05) is 5.92 Å². The van der Waals surface area contributed by atoms with E-state index >= 15 is 0 Å². The number of carbonyl (C=O) groups is 1. The second-order valence-electron chi connectivity index (χ2n) is 5.50. The number of ketones is 1. The van der Waals surface area contributed by atoms with Gasteiger partial charge in [0.15, 0.2) is 0 Å². The van der Waals surface area contributed by atoms with Crippen molar-refractivity contribution in [1.29, 1.82) is 0 Å². The standard InChI is InChI=1S/C13H24O/c1-5-13(3,4)12-8-6-11(7-9-12)10(2)14/h11-12H,5-9H2,1-4H3. The topological polar surface area (TPSA) is 17.1 Å². The highest BCUT2D eigenvalue weighted by molar-refractivity contribution is 5.78. The maximum atomic E-state index is 11.2. The lowest BCUT2D eigenvalue weighted by Crippen LogP contribution is -2.29. The average molecular weight is 196 g/mol. The molecular formula is C13H24O. The highest BCUT2D eigenvalue weighted by Crippen LogP contribution is 2.42. The van der Waals surface area contributed by atoms with E-state index in [2.05, 4.69) is 20.8 Å². The van der Waals surface area contributed by atoms with Crippen molar-refractivity contribution in [2.45, 2.75) is 59.8 Å². The van der Waals surface area contributed by atoms with Crippen molar-refractivity contribution in [2.75, 3.05) is 0 Å². The van der Waals surface area contributed by atoms with Gasteiger partial charge in [-0.15, -0.1) is 0 Å². The van der Waals surface area contributed by atoms with Gasteiger partial charge in [-0.2, -0.15) is 0 Å². The second-order valence-corrected chi connectivity index (χ2v) is 5.50. The minimum absolute atomic E-state index is 0.374. The summed E-state index contributed by atoms with van der Waals surface area (Å²) in [5, 5.41) is 0. The lowest BCUT2D eigenvalue weighted by Gasteiger charge is -2.38. The molecule has 0 heterocycles. The number of carbonyl (C=O) groups excluding carboxylic acids is 1. The minimum atomic E-state index is 0.374. The van der Waals surface area contributed by atoms with Crippen LogP contribution < -0.4 is 0 Å². The summed E-state index contributed by atoms with van der Waals surface area (Å²) in [5.41, 5.74) is 0.474. The van der Waals surface area contributed by atoms with Gasteiger partial charge in [-0.3, -0.25) is 4.79 Å². The summed E-state index contributed by atoms with van der Waals surface area (Å²) in [4.78, 5) is 11.2. The van der Waals surface area contributed by atoms with Crippen LogP contribution in [-0.4, -0.2) is 5.78 Å². The number of rotatable bonds is 3. The Kier molecular flexibility index (Phi) is 3.74. The molecule has 0 aromatic carbocycles. The van der Waals surface area contributed by atoms with E-state index in [0.29, 0.717) is 17.1 Å². The molecule has 0 aromatic rings. The van der Waals surface area contributed by atoms with Crippen molar-refractivity contribution in [1.82, 2.24) is 0 Å². The third-order valence-electron chi connectivity index (χ3n) is 4.32. The summed E-state index contributed by atoms with van der Waals surface area (Å²) in [7, 11) is 0. The first-order valence-corrected chi connectivity index (χ1v) is 5.98. The van der Waals surface area contributed by atoms with Crippen LogP contribution >= 0.6 is 0 Å². The molecule has 1 aliphatic carbocycles. The van der Waals surface area contributed by atoms with E-state index in [9.17, 15) is 4.79 Å². The molecule has 0 radical (unpaired) electrons. The predicted molar refractivity (Wildman–Crippen MR) is 60.2 cm³/mol. The van der Waals surface area contributed by atoms with Crippen LogP contribution in [0.15, 0.2) is 0 Å². The largest absolute Gasteiger partial charge is 0.300 e. The van der Waals surface area contributed by atoms with Gasteiger partial charge in [0.2, 0.25) is 0 Å². The summed E-state index contributed by atoms with van der Waals surface area (Å²) in [6.07, 6.45) is 6.02. The molecule has 0 bridgehead atoms. The molecule has 1 fully saturated rings. The molecule has 1 nitrogen and oxygen atoms in total. The van der Waals surface area contributed by atoms with Crippen molar-refractivity contribution in [2.24, 2.45) is 17.3 Å². The molecule has 0 spiro atoms. The Morgan fingerprint density at radius 3 is 2.07 bits per heavy atom. The molecule has 1 heteroatoms. The summed E-state index contributed by atoms with van der Waals surface area (Å²) >= 11 is 0. The predicted octanol–water partition coefficient (Wildman–Crippen LogP) is 3.82. The van der Waals surface area contributed by atoms with Crippen molar-refractivity contribution in [3.8, 4) is 0 Å². The van der Waals surface area contributed by atoms with E-state index in [1.807, 2.05) is 0 Å². The maximum Gasteiger partial charge on any atom is 0.132 e. The highest BCUT2D eigenvalue weighted by atomic mass is 16.1. The molecule has 0 unspecified atom stereocenters. The molecule has 1 saturated carbocycles. The fourth-order valence-corrected chi connectivity index (χ4v) is 2.57. The first-order valence-electron chi connectivity index (χ1n) is 5.98. The zero-order valence-electron chi connectivity index (χ0n) is 10.1. The fourth-order valence-electron chi connectivity index (χ4n) is 2.57. The van der Waals surface area contributed by atoms with Crippen LogP contribution in [0.4, 0.5) is 0 Å². The minimum Gasteiger partial charge on any atom is -0.300 e. The van der Waals surface area contributed by atoms with Gasteiger partial charge >= 0.3 is 0 Å². The second kappa shape index (κ2) is 4.46. The quantitative estimate of drug-likeness (QED) is 0.670. The van der Waals surface area contributed by atoms with Crippen LogP contribution in [0.1, 0.15) is 59.8 Å². The van der Waals surface area contributed by atoms with E-state index in [-0.39, 0.29) is 0 Å². The zero-order valence-corrected chi connectivity index (χ0v) is 10.1. The Morgan fingerprint density at radius 2 is 1.71 bits per heavy atom. The molecule has 0 aromatic heterocycles. The van der Waals surface area contributed by atoms with E-state index in [1.54, 1.807) is 6.92 Å². The van der Waals surface area contributed by atoms with Gasteiger partial charge in [-0.05, 0) is 43.9 Å². The Morgan fingerprint density at radius 1 is 1.21 bits per heavy atom. The van der Waals surface area contributed by atoms with E-state index in [4.69, 9.17) is 0 Å². The van der Waals surface area contributed by atoms with Crippen molar-refractivity contribution < 1.29 is 4.79 Å². The first-order chi connectivity index (χ1) is 6.47. The Balaban J connectivity index is 2.47. The molecule has 0 saturated heterocycles. The lowest BCUT2D eigenvalue weighted by atomic mass is 9.67. The highest BCUT2D eigenvalue weighted by Gasteiger charge is 2.32. The fraction of sp³-hybridized carbons (Fsp3) is 0.923. The van der Waals surface area contributed by atoms with E-state index in [0.717, 1.165) is 18.8 Å². The molecule has 0 aliphatic heterocycles. The third kappa shape index (κ3) is 2.59. The van der Waals surface area contributed by atoms with Gasteiger partial charge in [0.1, 0.15) is 5.78 Å². The molecule has 0 amide bonds. The Hall–Kier alpha value is -0.330. The van der Waals surface area contributed by atoms with Gasteiger partial charge in [-0.25, -0.2) is 0 Å². The first kappa shape index (κ1) is 11.7. The molecule has 14 heavy (non-hydrogen) atoms. The normalized spacial score (nSPS) is 28.9. The molecule has 1 aliphatic rings. The summed E-state index contributed by atoms with van der Waals surface area (Å²) < 4.78 is 0. The summed E-state index contributed by atoms with van der Waals surface area (Å²) in [6.45, 7) is 8.75. The third-order valence-corrected chi connectivity index (χ3v) is 4.32. The maximum absolute atomic E-state index is 11.2. The summed E-state index contributed by atoms with van der Waals surface area (Å²) in [6, 6.07) is 0. The molecule has 1 rings (SSSR count). The van der Waals surface area contributed by atoms with Gasteiger partial charge in [0.05, 0.1) is 0 Å². The van der Waals surface area contributed by atoms with Crippen LogP contribution in [0.3, 0.4) is 0 Å². The van der Waals surface area contributed by atoms with Crippen molar-refractivity contribution in [3.05, 3.63) is 0 Å². The Bertz CT molecular complexity index is 197. The van der Waals surface area contributed by atoms with Crippen LogP contribution in [0.5, 0.6) is 0 Å². The van der Waals surface area contributed by atoms with Gasteiger partial charge < -0.3 is 0 Å². The number of hydrogen-bond donors (Lipinski definition) is 0. The van der Waals surface area contributed by atoms with E-state index < -0.39 is 0 Å². The SMILES string of the molecule is CCC(C)(C)C1CCC(C(C)=O)CC1. The van der Waals surface area contributed by atoms with Crippen LogP contribution in [0.25, 0.3) is 0 Å². The van der Waals surface area contributed by atoms with Crippen LogP contribution in [0.2, 0.25) is 0 Å². The molecule has 0 N–H and O–H groups in total. The number of Topliss-reactive ketones (excluding diaryl/α,β-unsaturated/α-hetero) is 1. The summed E-state index contributed by atoms with van der Waals surface area (Å²) in [5.74, 6) is 1.61. The molecule has 82 valence electrons. The molecule has 0 atom stereocenters. The van der Waals surface area contributed by atoms with Crippen molar-refractivity contribution in [3.63, 3.8) is 0 Å².